The summed E-state index contributed by atoms with van der Waals surface area (Å²) < 4.78 is 1.81. The Balaban J connectivity index is 2.53. The molecule has 2 aromatic rings. The van der Waals surface area contributed by atoms with E-state index in [9.17, 15) is 4.79 Å². The minimum absolute atomic E-state index is 0.256. The van der Waals surface area contributed by atoms with E-state index in [1.165, 1.54) is 0 Å². The van der Waals surface area contributed by atoms with E-state index in [4.69, 9.17) is 5.11 Å². The lowest BCUT2D eigenvalue weighted by atomic mass is 10.2. The second-order valence-corrected chi connectivity index (χ2v) is 3.42. The molecule has 0 atom stereocenters. The number of carboxylic acid groups (broad SMARTS) is 1. The van der Waals surface area contributed by atoms with Crippen molar-refractivity contribution in [2.45, 2.75) is 13.3 Å². The first-order valence-electron chi connectivity index (χ1n) is 5.10. The predicted molar refractivity (Wildman–Crippen MR) is 61.1 cm³/mol. The molecule has 2 heterocycles. The molecule has 0 spiro atoms. The number of allylic oxidation sites excluding steroid dienone is 1. The summed E-state index contributed by atoms with van der Waals surface area (Å²) in [7, 11) is 0. The molecule has 82 valence electrons. The van der Waals surface area contributed by atoms with Gasteiger partial charge in [-0.1, -0.05) is 19.1 Å². The second-order valence-electron chi connectivity index (χ2n) is 3.42. The van der Waals surface area contributed by atoms with Gasteiger partial charge in [0.1, 0.15) is 5.65 Å². The number of aliphatic carboxylic acids is 1. The van der Waals surface area contributed by atoms with Gasteiger partial charge in [-0.25, -0.2) is 9.78 Å². The minimum atomic E-state index is -0.940. The number of fused-ring (bicyclic) bond motifs is 1. The largest absolute Gasteiger partial charge is 0.478 e. The van der Waals surface area contributed by atoms with Crippen molar-refractivity contribution in [3.8, 4) is 0 Å². The van der Waals surface area contributed by atoms with Crippen molar-refractivity contribution in [1.29, 1.82) is 0 Å². The van der Waals surface area contributed by atoms with Gasteiger partial charge in [-0.2, -0.15) is 0 Å². The first kappa shape index (κ1) is 10.4. The molecule has 4 nitrogen and oxygen atoms in total. The maximum Gasteiger partial charge on any atom is 0.337 e. The van der Waals surface area contributed by atoms with E-state index < -0.39 is 5.97 Å². The van der Waals surface area contributed by atoms with Crippen LogP contribution < -0.4 is 0 Å². The number of nitrogens with zero attached hydrogens (tertiary/aromatic N) is 2. The average Bonchev–Trinajstić information content (AvgIpc) is 2.68. The van der Waals surface area contributed by atoms with Crippen molar-refractivity contribution in [3.63, 3.8) is 0 Å². The summed E-state index contributed by atoms with van der Waals surface area (Å²) in [6.45, 7) is 1.90. The third-order valence-corrected chi connectivity index (χ3v) is 2.28. The fourth-order valence-electron chi connectivity index (χ4n) is 1.57. The zero-order valence-electron chi connectivity index (χ0n) is 8.92. The minimum Gasteiger partial charge on any atom is -0.478 e. The Labute approximate surface area is 92.9 Å². The summed E-state index contributed by atoms with van der Waals surface area (Å²) in [5, 5.41) is 9.07. The topological polar surface area (TPSA) is 54.6 Å². The Kier molecular flexibility index (Phi) is 2.72. The number of pyridine rings is 1. The zero-order valence-corrected chi connectivity index (χ0v) is 8.92. The third-order valence-electron chi connectivity index (χ3n) is 2.28. The summed E-state index contributed by atoms with van der Waals surface area (Å²) in [5.41, 5.74) is 1.51. The smallest absolute Gasteiger partial charge is 0.337 e. The molecule has 0 bridgehead atoms. The Morgan fingerprint density at radius 2 is 2.38 bits per heavy atom. The van der Waals surface area contributed by atoms with Gasteiger partial charge in [-0.3, -0.25) is 0 Å². The van der Waals surface area contributed by atoms with Crippen LogP contribution in [0.4, 0.5) is 0 Å². The molecular weight excluding hydrogens is 204 g/mol. The lowest BCUT2D eigenvalue weighted by Gasteiger charge is -1.95. The highest BCUT2D eigenvalue weighted by atomic mass is 16.4. The molecule has 0 radical (unpaired) electrons. The monoisotopic (exact) mass is 216 g/mol. The summed E-state index contributed by atoms with van der Waals surface area (Å²) in [6.07, 6.45) is 5.92. The highest BCUT2D eigenvalue weighted by Gasteiger charge is 2.13. The first-order valence-corrected chi connectivity index (χ1v) is 5.10. The molecule has 1 N–H and O–H groups in total. The van der Waals surface area contributed by atoms with Crippen molar-refractivity contribution in [2.24, 2.45) is 0 Å². The van der Waals surface area contributed by atoms with Crippen molar-refractivity contribution in [3.05, 3.63) is 42.4 Å². The van der Waals surface area contributed by atoms with Crippen LogP contribution in [0.1, 0.15) is 19.0 Å². The number of carboxylic acids is 1. The van der Waals surface area contributed by atoms with Gasteiger partial charge in [0.2, 0.25) is 0 Å². The lowest BCUT2D eigenvalue weighted by molar-refractivity contribution is -0.130. The summed E-state index contributed by atoms with van der Waals surface area (Å²) >= 11 is 0. The van der Waals surface area contributed by atoms with E-state index in [0.717, 1.165) is 5.65 Å². The van der Waals surface area contributed by atoms with E-state index in [2.05, 4.69) is 4.98 Å². The van der Waals surface area contributed by atoms with Crippen LogP contribution in [-0.2, 0) is 4.79 Å². The number of hydrogen-bond donors (Lipinski definition) is 1. The number of rotatable bonds is 3. The molecule has 4 heteroatoms. The van der Waals surface area contributed by atoms with Crippen molar-refractivity contribution < 1.29 is 9.90 Å². The lowest BCUT2D eigenvalue weighted by Crippen LogP contribution is -1.99. The molecule has 16 heavy (non-hydrogen) atoms. The summed E-state index contributed by atoms with van der Waals surface area (Å²) in [6, 6.07) is 5.59. The Hall–Kier alpha value is -2.10. The van der Waals surface area contributed by atoms with E-state index in [-0.39, 0.29) is 5.57 Å². The second kappa shape index (κ2) is 4.18. The summed E-state index contributed by atoms with van der Waals surface area (Å²) in [5.74, 6) is -0.940. The Bertz CT molecular complexity index is 522. The van der Waals surface area contributed by atoms with Gasteiger partial charge in [0, 0.05) is 12.4 Å². The van der Waals surface area contributed by atoms with Crippen molar-refractivity contribution in [2.75, 3.05) is 0 Å². The number of imidazole rings is 1. The molecule has 0 amide bonds. The molecule has 0 aliphatic rings. The van der Waals surface area contributed by atoms with Crippen LogP contribution in [0, 0.1) is 0 Å². The third kappa shape index (κ3) is 1.82. The average molecular weight is 216 g/mol. The van der Waals surface area contributed by atoms with Gasteiger partial charge < -0.3 is 9.51 Å². The maximum absolute atomic E-state index is 11.0. The molecule has 0 aliphatic carbocycles. The van der Waals surface area contributed by atoms with Crippen LogP contribution >= 0.6 is 0 Å². The molecule has 2 rings (SSSR count). The number of carbonyl (C=O) groups is 1. The first-order chi connectivity index (χ1) is 7.72. The van der Waals surface area contributed by atoms with Crippen LogP contribution in [0.15, 0.2) is 36.7 Å². The SMILES string of the molecule is CC/C=C(/C(=O)O)c1cn2ccccc2n1. The van der Waals surface area contributed by atoms with E-state index in [0.29, 0.717) is 12.1 Å². The van der Waals surface area contributed by atoms with Crippen LogP contribution in [0.3, 0.4) is 0 Å². The quantitative estimate of drug-likeness (QED) is 0.800. The van der Waals surface area contributed by atoms with E-state index in [1.54, 1.807) is 12.3 Å². The van der Waals surface area contributed by atoms with Crippen LogP contribution in [0.2, 0.25) is 0 Å². The van der Waals surface area contributed by atoms with Gasteiger partial charge in [0.05, 0.1) is 11.3 Å². The number of hydrogen-bond acceptors (Lipinski definition) is 2. The van der Waals surface area contributed by atoms with Gasteiger partial charge in [-0.15, -0.1) is 0 Å². The molecule has 0 unspecified atom stereocenters. The maximum atomic E-state index is 11.0. The van der Waals surface area contributed by atoms with Crippen LogP contribution in [0.25, 0.3) is 11.2 Å². The molecule has 0 fully saturated rings. The van der Waals surface area contributed by atoms with Crippen molar-refractivity contribution >= 4 is 17.2 Å². The van der Waals surface area contributed by atoms with E-state index in [1.807, 2.05) is 35.7 Å². The highest BCUT2D eigenvalue weighted by molar-refractivity contribution is 6.14. The standard InChI is InChI=1S/C12H12N2O2/c1-2-5-9(12(15)16)10-8-14-7-4-3-6-11(14)13-10/h3-8H,2H2,1H3,(H,15,16)/b9-5+. The molecular formula is C12H12N2O2. The predicted octanol–water partition coefficient (Wildman–Crippen LogP) is 2.21. The van der Waals surface area contributed by atoms with Gasteiger partial charge in [-0.05, 0) is 18.6 Å². The molecule has 2 aromatic heterocycles. The Morgan fingerprint density at radius 3 is 3.00 bits per heavy atom. The fraction of sp³-hybridized carbons (Fsp3) is 0.167. The van der Waals surface area contributed by atoms with Gasteiger partial charge >= 0.3 is 5.97 Å². The number of aromatic nitrogens is 2. The normalized spacial score (nSPS) is 11.9. The molecule has 0 saturated heterocycles. The van der Waals surface area contributed by atoms with E-state index >= 15 is 0 Å². The molecule has 0 aliphatic heterocycles. The van der Waals surface area contributed by atoms with Crippen LogP contribution in [0.5, 0.6) is 0 Å². The van der Waals surface area contributed by atoms with Gasteiger partial charge in [0.15, 0.2) is 0 Å². The summed E-state index contributed by atoms with van der Waals surface area (Å²) in [4.78, 5) is 15.3. The molecule has 0 saturated carbocycles. The van der Waals surface area contributed by atoms with Gasteiger partial charge in [0.25, 0.3) is 0 Å². The fourth-order valence-corrected chi connectivity index (χ4v) is 1.57. The Morgan fingerprint density at radius 1 is 1.56 bits per heavy atom. The molecule has 0 aromatic carbocycles. The van der Waals surface area contributed by atoms with Crippen molar-refractivity contribution in [1.82, 2.24) is 9.38 Å². The van der Waals surface area contributed by atoms with Crippen LogP contribution in [-0.4, -0.2) is 20.5 Å². The zero-order chi connectivity index (χ0) is 11.5. The highest BCUT2D eigenvalue weighted by Crippen LogP contribution is 2.15.